The second-order valence-corrected chi connectivity index (χ2v) is 2.37. The van der Waals surface area contributed by atoms with Crippen molar-refractivity contribution >= 4 is 11.9 Å². The standard InChI is InChI=1S/C6H8O4/c1-3-2-4(5(7)8)6(9)10-3/h3-4H,2H2,1H3,(H,7,8)/t3-,4-/m0/s1. The number of rotatable bonds is 1. The molecule has 56 valence electrons. The summed E-state index contributed by atoms with van der Waals surface area (Å²) in [5.74, 6) is -2.63. The Kier molecular flexibility index (Phi) is 1.61. The van der Waals surface area contributed by atoms with Gasteiger partial charge in [0.2, 0.25) is 0 Å². The lowest BCUT2D eigenvalue weighted by molar-refractivity contribution is -0.152. The summed E-state index contributed by atoms with van der Waals surface area (Å²) in [6.45, 7) is 1.68. The number of carbonyl (C=O) groups is 2. The molecule has 1 aliphatic rings. The van der Waals surface area contributed by atoms with Crippen molar-refractivity contribution in [3.63, 3.8) is 0 Å². The van der Waals surface area contributed by atoms with Gasteiger partial charge in [-0.2, -0.15) is 0 Å². The van der Waals surface area contributed by atoms with Crippen LogP contribution in [0.1, 0.15) is 13.3 Å². The monoisotopic (exact) mass is 144 g/mol. The first-order valence-electron chi connectivity index (χ1n) is 3.04. The molecule has 1 saturated heterocycles. The van der Waals surface area contributed by atoms with E-state index in [-0.39, 0.29) is 6.10 Å². The Morgan fingerprint density at radius 3 is 2.60 bits per heavy atom. The van der Waals surface area contributed by atoms with Gasteiger partial charge in [0.15, 0.2) is 5.92 Å². The fourth-order valence-electron chi connectivity index (χ4n) is 0.958. The summed E-state index contributed by atoms with van der Waals surface area (Å²) in [4.78, 5) is 20.9. The molecule has 1 fully saturated rings. The molecule has 0 unspecified atom stereocenters. The molecule has 0 bridgehead atoms. The summed E-state index contributed by atoms with van der Waals surface area (Å²) in [6, 6.07) is 0. The zero-order chi connectivity index (χ0) is 7.72. The van der Waals surface area contributed by atoms with Crippen LogP contribution < -0.4 is 0 Å². The van der Waals surface area contributed by atoms with E-state index in [0.717, 1.165) is 0 Å². The second kappa shape index (κ2) is 2.28. The van der Waals surface area contributed by atoms with Crippen LogP contribution in [0.2, 0.25) is 0 Å². The molecule has 0 amide bonds. The summed E-state index contributed by atoms with van der Waals surface area (Å²) < 4.78 is 4.62. The summed E-state index contributed by atoms with van der Waals surface area (Å²) in [7, 11) is 0. The van der Waals surface area contributed by atoms with E-state index in [2.05, 4.69) is 4.74 Å². The van der Waals surface area contributed by atoms with Gasteiger partial charge in [0.1, 0.15) is 6.10 Å². The van der Waals surface area contributed by atoms with Crippen molar-refractivity contribution in [1.29, 1.82) is 0 Å². The molecule has 2 atom stereocenters. The Balaban J connectivity index is 2.63. The minimum absolute atomic E-state index is 0.242. The molecule has 0 saturated carbocycles. The van der Waals surface area contributed by atoms with Gasteiger partial charge < -0.3 is 9.84 Å². The highest BCUT2D eigenvalue weighted by molar-refractivity contribution is 5.95. The number of cyclic esters (lactones) is 1. The molecule has 1 aliphatic heterocycles. The number of carbonyl (C=O) groups excluding carboxylic acids is 1. The molecule has 10 heavy (non-hydrogen) atoms. The molecule has 0 aromatic carbocycles. The third-order valence-electron chi connectivity index (χ3n) is 1.47. The molecule has 0 aromatic rings. The maximum Gasteiger partial charge on any atom is 0.320 e. The number of esters is 1. The molecule has 1 N–H and O–H groups in total. The van der Waals surface area contributed by atoms with Crippen LogP contribution in [0.15, 0.2) is 0 Å². The zero-order valence-corrected chi connectivity index (χ0v) is 5.53. The van der Waals surface area contributed by atoms with Gasteiger partial charge in [-0.25, -0.2) is 0 Å². The Bertz CT molecular complexity index is 175. The van der Waals surface area contributed by atoms with Crippen LogP contribution in [0.3, 0.4) is 0 Å². The van der Waals surface area contributed by atoms with Crippen molar-refractivity contribution in [1.82, 2.24) is 0 Å². The topological polar surface area (TPSA) is 63.6 Å². The van der Waals surface area contributed by atoms with Gasteiger partial charge in [-0.05, 0) is 6.92 Å². The molecule has 4 nitrogen and oxygen atoms in total. The van der Waals surface area contributed by atoms with Crippen LogP contribution in [0.25, 0.3) is 0 Å². The fraction of sp³-hybridized carbons (Fsp3) is 0.667. The quantitative estimate of drug-likeness (QED) is 0.416. The molecule has 1 heterocycles. The van der Waals surface area contributed by atoms with E-state index >= 15 is 0 Å². The molecule has 0 aromatic heterocycles. The van der Waals surface area contributed by atoms with Gasteiger partial charge in [-0.3, -0.25) is 9.59 Å². The summed E-state index contributed by atoms with van der Waals surface area (Å²) >= 11 is 0. The van der Waals surface area contributed by atoms with Gasteiger partial charge in [0.25, 0.3) is 0 Å². The van der Waals surface area contributed by atoms with Crippen LogP contribution in [-0.4, -0.2) is 23.1 Å². The maximum absolute atomic E-state index is 10.6. The lowest BCUT2D eigenvalue weighted by Crippen LogP contribution is -2.17. The molecular formula is C6H8O4. The molecule has 1 rings (SSSR count). The van der Waals surface area contributed by atoms with Crippen LogP contribution in [-0.2, 0) is 14.3 Å². The number of hydrogen-bond donors (Lipinski definition) is 1. The zero-order valence-electron chi connectivity index (χ0n) is 5.53. The van der Waals surface area contributed by atoms with Crippen LogP contribution in [0.4, 0.5) is 0 Å². The first-order chi connectivity index (χ1) is 4.61. The highest BCUT2D eigenvalue weighted by Gasteiger charge is 2.37. The number of hydrogen-bond acceptors (Lipinski definition) is 3. The van der Waals surface area contributed by atoms with Gasteiger partial charge >= 0.3 is 11.9 Å². The molecular weight excluding hydrogens is 136 g/mol. The first kappa shape index (κ1) is 7.05. The van der Waals surface area contributed by atoms with Crippen molar-refractivity contribution in [2.24, 2.45) is 5.92 Å². The van der Waals surface area contributed by atoms with E-state index in [1.165, 1.54) is 0 Å². The summed E-state index contributed by atoms with van der Waals surface area (Å²) in [6.07, 6.45) is 0.0577. The van der Waals surface area contributed by atoms with Crippen molar-refractivity contribution in [3.8, 4) is 0 Å². The van der Waals surface area contributed by atoms with Crippen molar-refractivity contribution < 1.29 is 19.4 Å². The third-order valence-corrected chi connectivity index (χ3v) is 1.47. The second-order valence-electron chi connectivity index (χ2n) is 2.37. The lowest BCUT2D eigenvalue weighted by Gasteiger charge is -1.95. The smallest absolute Gasteiger partial charge is 0.320 e. The minimum atomic E-state index is -1.09. The largest absolute Gasteiger partial charge is 0.481 e. The van der Waals surface area contributed by atoms with Gasteiger partial charge in [-0.15, -0.1) is 0 Å². The number of carboxylic acid groups (broad SMARTS) is 1. The molecule has 4 heteroatoms. The van der Waals surface area contributed by atoms with Gasteiger partial charge in [0.05, 0.1) is 0 Å². The fourth-order valence-corrected chi connectivity index (χ4v) is 0.958. The third kappa shape index (κ3) is 1.10. The van der Waals surface area contributed by atoms with Crippen molar-refractivity contribution in [2.75, 3.05) is 0 Å². The predicted molar refractivity (Wildman–Crippen MR) is 31.3 cm³/mol. The Hall–Kier alpha value is -1.06. The van der Waals surface area contributed by atoms with E-state index in [1.54, 1.807) is 6.92 Å². The highest BCUT2D eigenvalue weighted by atomic mass is 16.6. The Morgan fingerprint density at radius 1 is 1.80 bits per heavy atom. The Morgan fingerprint density at radius 2 is 2.40 bits per heavy atom. The normalized spacial score (nSPS) is 31.9. The molecule has 0 spiro atoms. The number of ether oxygens (including phenoxy) is 1. The highest BCUT2D eigenvalue weighted by Crippen LogP contribution is 2.20. The van der Waals surface area contributed by atoms with E-state index in [9.17, 15) is 9.59 Å². The van der Waals surface area contributed by atoms with E-state index < -0.39 is 17.9 Å². The van der Waals surface area contributed by atoms with Crippen molar-refractivity contribution in [3.05, 3.63) is 0 Å². The van der Waals surface area contributed by atoms with E-state index in [4.69, 9.17) is 5.11 Å². The SMILES string of the molecule is C[C@H]1C[C@@H](C(=O)O)C(=O)O1. The van der Waals surface area contributed by atoms with Crippen LogP contribution >= 0.6 is 0 Å². The summed E-state index contributed by atoms with van der Waals surface area (Å²) in [5.41, 5.74) is 0. The van der Waals surface area contributed by atoms with Crippen molar-refractivity contribution in [2.45, 2.75) is 19.4 Å². The molecule has 0 radical (unpaired) electrons. The Labute approximate surface area is 57.8 Å². The van der Waals surface area contributed by atoms with E-state index in [0.29, 0.717) is 6.42 Å². The van der Waals surface area contributed by atoms with Gasteiger partial charge in [0, 0.05) is 6.42 Å². The molecule has 0 aliphatic carbocycles. The minimum Gasteiger partial charge on any atom is -0.481 e. The average molecular weight is 144 g/mol. The van der Waals surface area contributed by atoms with Crippen LogP contribution in [0.5, 0.6) is 0 Å². The predicted octanol–water partition coefficient (Wildman–Crippen LogP) is 0.0226. The van der Waals surface area contributed by atoms with Crippen LogP contribution in [0, 0.1) is 5.92 Å². The number of aliphatic carboxylic acids is 1. The number of carboxylic acids is 1. The lowest BCUT2D eigenvalue weighted by atomic mass is 10.1. The van der Waals surface area contributed by atoms with E-state index in [1.807, 2.05) is 0 Å². The first-order valence-corrected chi connectivity index (χ1v) is 3.04. The average Bonchev–Trinajstić information content (AvgIpc) is 2.10. The maximum atomic E-state index is 10.6. The summed E-state index contributed by atoms with van der Waals surface area (Å²) in [5, 5.41) is 8.40. The van der Waals surface area contributed by atoms with Gasteiger partial charge in [-0.1, -0.05) is 0 Å².